The molecule has 8 nitrogen and oxygen atoms in total. The van der Waals surface area contributed by atoms with Crippen LogP contribution in [0.3, 0.4) is 0 Å². The normalized spacial score (nSPS) is 23.9. The zero-order chi connectivity index (χ0) is 20.8. The van der Waals surface area contributed by atoms with Crippen molar-refractivity contribution in [3.05, 3.63) is 24.3 Å². The van der Waals surface area contributed by atoms with Gasteiger partial charge in [-0.3, -0.25) is 19.3 Å². The van der Waals surface area contributed by atoms with Crippen LogP contribution in [-0.4, -0.2) is 58.7 Å². The molecule has 0 unspecified atom stereocenters. The molecule has 1 saturated heterocycles. The largest absolute Gasteiger partial charge is 0.327 e. The van der Waals surface area contributed by atoms with Gasteiger partial charge in [0, 0.05) is 19.5 Å². The first-order valence-corrected chi connectivity index (χ1v) is 10.2. The van der Waals surface area contributed by atoms with E-state index in [0.717, 1.165) is 24.2 Å². The molecule has 2 aliphatic heterocycles. The van der Waals surface area contributed by atoms with E-state index in [4.69, 9.17) is 0 Å². The maximum Gasteiger partial charge on any atom is 0.327 e. The van der Waals surface area contributed by atoms with E-state index in [9.17, 15) is 19.2 Å². The van der Waals surface area contributed by atoms with Crippen LogP contribution in [-0.2, 0) is 14.4 Å². The van der Waals surface area contributed by atoms with Gasteiger partial charge in [-0.05, 0) is 31.9 Å². The smallest absolute Gasteiger partial charge is 0.324 e. The van der Waals surface area contributed by atoms with Crippen molar-refractivity contribution >= 4 is 35.1 Å². The molecule has 0 aromatic heterocycles. The van der Waals surface area contributed by atoms with Gasteiger partial charge in [-0.2, -0.15) is 0 Å². The molecule has 154 valence electrons. The fourth-order valence-electron chi connectivity index (χ4n) is 4.85. The Morgan fingerprint density at radius 3 is 2.55 bits per heavy atom. The Morgan fingerprint density at radius 1 is 1.14 bits per heavy atom. The third kappa shape index (κ3) is 3.07. The van der Waals surface area contributed by atoms with Crippen molar-refractivity contribution in [2.75, 3.05) is 23.8 Å². The van der Waals surface area contributed by atoms with E-state index in [-0.39, 0.29) is 36.7 Å². The number of hydrogen-bond acceptors (Lipinski definition) is 4. The van der Waals surface area contributed by atoms with E-state index in [1.54, 1.807) is 38.2 Å². The maximum absolute atomic E-state index is 13.3. The summed E-state index contributed by atoms with van der Waals surface area (Å²) in [4.78, 5) is 55.6. The van der Waals surface area contributed by atoms with Crippen LogP contribution in [0.4, 0.5) is 16.2 Å². The number of carbonyl (C=O) groups is 4. The van der Waals surface area contributed by atoms with Crippen LogP contribution < -0.4 is 10.2 Å². The van der Waals surface area contributed by atoms with Crippen molar-refractivity contribution in [2.45, 2.75) is 57.0 Å². The Balaban J connectivity index is 1.61. The van der Waals surface area contributed by atoms with E-state index in [1.807, 2.05) is 0 Å². The Bertz CT molecular complexity index is 877. The minimum absolute atomic E-state index is 0.145. The summed E-state index contributed by atoms with van der Waals surface area (Å²) in [6, 6.07) is 6.27. The van der Waals surface area contributed by atoms with Crippen LogP contribution in [0, 0.1) is 0 Å². The zero-order valence-corrected chi connectivity index (χ0v) is 16.8. The number of nitrogens with one attached hydrogen (secondary N) is 1. The molecular weight excluding hydrogens is 372 g/mol. The van der Waals surface area contributed by atoms with Gasteiger partial charge in [-0.15, -0.1) is 0 Å². The lowest BCUT2D eigenvalue weighted by Crippen LogP contribution is -2.50. The lowest BCUT2D eigenvalue weighted by Gasteiger charge is -2.35. The number of anilines is 2. The Labute approximate surface area is 169 Å². The molecule has 2 heterocycles. The van der Waals surface area contributed by atoms with Crippen LogP contribution in [0.15, 0.2) is 24.3 Å². The van der Waals surface area contributed by atoms with Crippen molar-refractivity contribution < 1.29 is 19.2 Å². The number of benzene rings is 1. The molecule has 0 bridgehead atoms. The standard InChI is InChI=1S/C21H26N4O4/c1-14-12-17(26)22-15-8-4-5-9-16(15)25(14)18(27)13-24-19(28)21(23(2)20(24)29)10-6-3-7-11-21/h4-5,8-9,14H,3,6-7,10-13H2,1-2H3,(H,22,26)/t14-/m0/s1. The second kappa shape index (κ2) is 7.17. The van der Waals surface area contributed by atoms with Crippen molar-refractivity contribution in [1.82, 2.24) is 9.80 Å². The van der Waals surface area contributed by atoms with Gasteiger partial charge in [-0.25, -0.2) is 4.79 Å². The average Bonchev–Trinajstić information content (AvgIpc) is 2.82. The number of nitrogens with zero attached hydrogens (tertiary/aromatic N) is 3. The van der Waals surface area contributed by atoms with Gasteiger partial charge in [0.25, 0.3) is 5.91 Å². The number of amides is 5. The molecule has 1 N–H and O–H groups in total. The second-order valence-corrected chi connectivity index (χ2v) is 8.21. The summed E-state index contributed by atoms with van der Waals surface area (Å²) in [5.41, 5.74) is 0.320. The molecule has 1 atom stereocenters. The van der Waals surface area contributed by atoms with E-state index < -0.39 is 11.6 Å². The first-order valence-electron chi connectivity index (χ1n) is 10.2. The van der Waals surface area contributed by atoms with Crippen LogP contribution in [0.1, 0.15) is 45.4 Å². The van der Waals surface area contributed by atoms with E-state index in [2.05, 4.69) is 5.32 Å². The number of fused-ring (bicyclic) bond motifs is 1. The summed E-state index contributed by atoms with van der Waals surface area (Å²) < 4.78 is 0. The highest BCUT2D eigenvalue weighted by atomic mass is 16.2. The minimum Gasteiger partial charge on any atom is -0.324 e. The number of imide groups is 1. The Morgan fingerprint density at radius 2 is 1.83 bits per heavy atom. The Hall–Kier alpha value is -2.90. The highest BCUT2D eigenvalue weighted by Gasteiger charge is 2.56. The lowest BCUT2D eigenvalue weighted by atomic mass is 9.81. The number of rotatable bonds is 2. The van der Waals surface area contributed by atoms with Gasteiger partial charge >= 0.3 is 6.03 Å². The number of hydrogen-bond donors (Lipinski definition) is 1. The highest BCUT2D eigenvalue weighted by molar-refractivity contribution is 6.11. The van der Waals surface area contributed by atoms with Crippen LogP contribution >= 0.6 is 0 Å². The first-order chi connectivity index (χ1) is 13.8. The third-order valence-electron chi connectivity index (χ3n) is 6.41. The molecule has 1 aliphatic carbocycles. The molecule has 4 rings (SSSR count). The van der Waals surface area contributed by atoms with Gasteiger partial charge < -0.3 is 15.1 Å². The molecule has 1 spiro atoms. The molecule has 0 radical (unpaired) electrons. The van der Waals surface area contributed by atoms with Crippen LogP contribution in [0.5, 0.6) is 0 Å². The zero-order valence-electron chi connectivity index (χ0n) is 16.8. The highest BCUT2D eigenvalue weighted by Crippen LogP contribution is 2.39. The molecule has 1 saturated carbocycles. The van der Waals surface area contributed by atoms with E-state index in [0.29, 0.717) is 24.2 Å². The van der Waals surface area contributed by atoms with Crippen molar-refractivity contribution in [1.29, 1.82) is 0 Å². The quantitative estimate of drug-likeness (QED) is 0.775. The predicted molar refractivity (Wildman–Crippen MR) is 107 cm³/mol. The second-order valence-electron chi connectivity index (χ2n) is 8.21. The minimum atomic E-state index is -0.810. The van der Waals surface area contributed by atoms with Crippen molar-refractivity contribution in [3.63, 3.8) is 0 Å². The Kier molecular flexibility index (Phi) is 4.80. The molecule has 3 aliphatic rings. The summed E-state index contributed by atoms with van der Waals surface area (Å²) in [6.07, 6.45) is 4.27. The molecule has 1 aromatic carbocycles. The van der Waals surface area contributed by atoms with Crippen molar-refractivity contribution in [3.8, 4) is 0 Å². The predicted octanol–water partition coefficient (Wildman–Crippen LogP) is 2.35. The third-order valence-corrected chi connectivity index (χ3v) is 6.41. The van der Waals surface area contributed by atoms with Crippen LogP contribution in [0.25, 0.3) is 0 Å². The molecule has 2 fully saturated rings. The lowest BCUT2D eigenvalue weighted by molar-refractivity contribution is -0.137. The fraction of sp³-hybridized carbons (Fsp3) is 0.524. The fourth-order valence-corrected chi connectivity index (χ4v) is 4.85. The summed E-state index contributed by atoms with van der Waals surface area (Å²) >= 11 is 0. The first kappa shape index (κ1) is 19.4. The average molecular weight is 398 g/mol. The van der Waals surface area contributed by atoms with Gasteiger partial charge in [-0.1, -0.05) is 31.4 Å². The summed E-state index contributed by atoms with van der Waals surface area (Å²) in [7, 11) is 1.66. The number of likely N-dealkylation sites (N-methyl/N-ethyl adjacent to an activating group) is 1. The van der Waals surface area contributed by atoms with E-state index >= 15 is 0 Å². The summed E-state index contributed by atoms with van der Waals surface area (Å²) in [5.74, 6) is -0.818. The van der Waals surface area contributed by atoms with Crippen molar-refractivity contribution in [2.24, 2.45) is 0 Å². The molecular formula is C21H26N4O4. The van der Waals surface area contributed by atoms with Gasteiger partial charge in [0.05, 0.1) is 11.4 Å². The van der Waals surface area contributed by atoms with Gasteiger partial charge in [0.2, 0.25) is 11.8 Å². The number of urea groups is 1. The molecule has 8 heteroatoms. The summed E-state index contributed by atoms with van der Waals surface area (Å²) in [5, 5.41) is 2.81. The molecule has 5 amide bonds. The molecule has 29 heavy (non-hydrogen) atoms. The number of para-hydroxylation sites is 2. The maximum atomic E-state index is 13.3. The summed E-state index contributed by atoms with van der Waals surface area (Å²) in [6.45, 7) is 1.47. The topological polar surface area (TPSA) is 90.0 Å². The van der Waals surface area contributed by atoms with Gasteiger partial charge in [0.15, 0.2) is 0 Å². The molecule has 1 aromatic rings. The number of carbonyl (C=O) groups excluding carboxylic acids is 4. The monoisotopic (exact) mass is 398 g/mol. The SMILES string of the molecule is C[C@H]1CC(=O)Nc2ccccc2N1C(=O)CN1C(=O)N(C)C2(CCCCC2)C1=O. The van der Waals surface area contributed by atoms with E-state index in [1.165, 1.54) is 9.80 Å². The van der Waals surface area contributed by atoms with Crippen LogP contribution in [0.2, 0.25) is 0 Å². The van der Waals surface area contributed by atoms with Gasteiger partial charge in [0.1, 0.15) is 12.1 Å².